The fraction of sp³-hybridized carbons (Fsp3) is 0.625. The fourth-order valence-corrected chi connectivity index (χ4v) is 3.33. The normalized spacial score (nSPS) is 27.6. The molecule has 20 heavy (non-hydrogen) atoms. The molecule has 0 radical (unpaired) electrons. The summed E-state index contributed by atoms with van der Waals surface area (Å²) in [5, 5.41) is 13.3. The van der Waals surface area contributed by atoms with Crippen LogP contribution in [0.3, 0.4) is 0 Å². The van der Waals surface area contributed by atoms with Crippen molar-refractivity contribution in [3.05, 3.63) is 29.6 Å². The molecular weight excluding hydrogens is 257 g/mol. The Kier molecular flexibility index (Phi) is 3.59. The zero-order valence-electron chi connectivity index (χ0n) is 12.9. The number of rotatable bonds is 3. The summed E-state index contributed by atoms with van der Waals surface area (Å²) >= 11 is 0. The summed E-state index contributed by atoms with van der Waals surface area (Å²) in [6.45, 7) is 9.70. The van der Waals surface area contributed by atoms with Crippen LogP contribution < -0.4 is 5.32 Å². The van der Waals surface area contributed by atoms with Crippen molar-refractivity contribution in [1.29, 1.82) is 0 Å². The second kappa shape index (κ2) is 4.71. The van der Waals surface area contributed by atoms with Gasteiger partial charge in [-0.05, 0) is 58.4 Å². The van der Waals surface area contributed by atoms with Gasteiger partial charge in [0.1, 0.15) is 5.82 Å². The third-order valence-electron chi connectivity index (χ3n) is 4.11. The van der Waals surface area contributed by atoms with Crippen LogP contribution in [0.4, 0.5) is 10.1 Å². The van der Waals surface area contributed by atoms with Gasteiger partial charge in [-0.3, -0.25) is 0 Å². The van der Waals surface area contributed by atoms with Crippen molar-refractivity contribution in [2.24, 2.45) is 0 Å². The van der Waals surface area contributed by atoms with Gasteiger partial charge in [-0.1, -0.05) is 0 Å². The van der Waals surface area contributed by atoms with Crippen LogP contribution in [-0.4, -0.2) is 28.5 Å². The molecule has 1 heterocycles. The van der Waals surface area contributed by atoms with E-state index in [0.29, 0.717) is 12.1 Å². The van der Waals surface area contributed by atoms with E-state index in [1.165, 1.54) is 12.1 Å². The van der Waals surface area contributed by atoms with E-state index in [-0.39, 0.29) is 18.0 Å². The minimum atomic E-state index is -0.628. The molecule has 1 aliphatic heterocycles. The molecule has 0 bridgehead atoms. The number of ether oxygens (including phenoxy) is 1. The maximum absolute atomic E-state index is 13.5. The van der Waals surface area contributed by atoms with E-state index in [2.05, 4.69) is 5.32 Å². The Balaban J connectivity index is 2.37. The van der Waals surface area contributed by atoms with E-state index in [1.807, 2.05) is 40.7 Å². The van der Waals surface area contributed by atoms with Gasteiger partial charge in [-0.25, -0.2) is 4.39 Å². The first-order valence-corrected chi connectivity index (χ1v) is 6.96. The molecule has 1 saturated heterocycles. The highest BCUT2D eigenvalue weighted by atomic mass is 19.1. The Hall–Kier alpha value is -1.13. The Bertz CT molecular complexity index is 493. The van der Waals surface area contributed by atoms with Crippen molar-refractivity contribution >= 4 is 5.69 Å². The molecule has 0 saturated carbocycles. The molecule has 4 heteroatoms. The zero-order chi connectivity index (χ0) is 15.2. The van der Waals surface area contributed by atoms with Gasteiger partial charge >= 0.3 is 0 Å². The van der Waals surface area contributed by atoms with Gasteiger partial charge in [0.25, 0.3) is 0 Å². The van der Waals surface area contributed by atoms with Crippen LogP contribution in [0.15, 0.2) is 18.2 Å². The van der Waals surface area contributed by atoms with E-state index in [0.717, 1.165) is 5.56 Å². The van der Waals surface area contributed by atoms with Gasteiger partial charge in [0.05, 0.1) is 23.3 Å². The fourth-order valence-electron chi connectivity index (χ4n) is 3.33. The number of hydrogen-bond donors (Lipinski definition) is 2. The summed E-state index contributed by atoms with van der Waals surface area (Å²) in [6, 6.07) is 4.81. The molecule has 112 valence electrons. The molecule has 1 fully saturated rings. The molecule has 0 amide bonds. The largest absolute Gasteiger partial charge is 0.394 e. The van der Waals surface area contributed by atoms with Crippen LogP contribution in [0.25, 0.3) is 0 Å². The summed E-state index contributed by atoms with van der Waals surface area (Å²) in [5.41, 5.74) is 0.00609. The average molecular weight is 281 g/mol. The lowest BCUT2D eigenvalue weighted by atomic mass is 9.79. The van der Waals surface area contributed by atoms with Gasteiger partial charge in [0.2, 0.25) is 0 Å². The quantitative estimate of drug-likeness (QED) is 0.893. The third-order valence-corrected chi connectivity index (χ3v) is 4.11. The van der Waals surface area contributed by atoms with Gasteiger partial charge in [-0.15, -0.1) is 0 Å². The van der Waals surface area contributed by atoms with Crippen LogP contribution in [0, 0.1) is 12.7 Å². The SMILES string of the molecule is Cc1cc(F)cc(NC2(CO)CC(C)(C)OC2(C)C)c1. The molecule has 1 aliphatic rings. The lowest BCUT2D eigenvalue weighted by Gasteiger charge is -2.40. The number of aliphatic hydroxyl groups excluding tert-OH is 1. The molecule has 0 aliphatic carbocycles. The third kappa shape index (κ3) is 2.67. The number of anilines is 1. The maximum Gasteiger partial charge on any atom is 0.125 e. The highest BCUT2D eigenvalue weighted by Gasteiger charge is 2.57. The molecule has 1 aromatic rings. The number of benzene rings is 1. The maximum atomic E-state index is 13.5. The predicted octanol–water partition coefficient (Wildman–Crippen LogP) is 3.25. The summed E-state index contributed by atoms with van der Waals surface area (Å²) < 4.78 is 19.6. The van der Waals surface area contributed by atoms with E-state index in [9.17, 15) is 9.50 Å². The zero-order valence-corrected chi connectivity index (χ0v) is 12.9. The standard InChI is InChI=1S/C16H24FNO2/c1-11-6-12(17)8-13(7-11)18-16(10-19)9-14(2,3)20-15(16,4)5/h6-8,18-19H,9-10H2,1-5H3. The van der Waals surface area contributed by atoms with Crippen molar-refractivity contribution in [2.75, 3.05) is 11.9 Å². The summed E-state index contributed by atoms with van der Waals surface area (Å²) in [5.74, 6) is -0.281. The van der Waals surface area contributed by atoms with Crippen LogP contribution >= 0.6 is 0 Å². The highest BCUT2D eigenvalue weighted by molar-refractivity contribution is 5.50. The van der Waals surface area contributed by atoms with Gasteiger partial charge in [0, 0.05) is 12.1 Å². The molecule has 1 unspecified atom stereocenters. The first-order valence-electron chi connectivity index (χ1n) is 6.96. The number of nitrogens with one attached hydrogen (secondary N) is 1. The molecule has 2 rings (SSSR count). The number of aryl methyl sites for hydroxylation is 1. The van der Waals surface area contributed by atoms with Crippen LogP contribution in [-0.2, 0) is 4.74 Å². The van der Waals surface area contributed by atoms with Gasteiger partial charge in [-0.2, -0.15) is 0 Å². The second-order valence-corrected chi connectivity index (χ2v) is 6.93. The molecule has 1 aromatic carbocycles. The van der Waals surface area contributed by atoms with Crippen molar-refractivity contribution in [1.82, 2.24) is 0 Å². The first kappa shape index (κ1) is 15.3. The molecule has 1 atom stereocenters. The lowest BCUT2D eigenvalue weighted by molar-refractivity contribution is -0.0808. The van der Waals surface area contributed by atoms with Crippen LogP contribution in [0.2, 0.25) is 0 Å². The average Bonchev–Trinajstić information content (AvgIpc) is 2.42. The smallest absolute Gasteiger partial charge is 0.125 e. The molecular formula is C16H24FNO2. The summed E-state index contributed by atoms with van der Waals surface area (Å²) in [4.78, 5) is 0. The monoisotopic (exact) mass is 281 g/mol. The summed E-state index contributed by atoms with van der Waals surface area (Å²) in [6.07, 6.45) is 0.652. The van der Waals surface area contributed by atoms with E-state index in [4.69, 9.17) is 4.74 Å². The Morgan fingerprint density at radius 1 is 1.25 bits per heavy atom. The predicted molar refractivity (Wildman–Crippen MR) is 78.4 cm³/mol. The first-order chi connectivity index (χ1) is 9.09. The van der Waals surface area contributed by atoms with Crippen LogP contribution in [0.1, 0.15) is 39.7 Å². The molecule has 0 spiro atoms. The highest BCUT2D eigenvalue weighted by Crippen LogP contribution is 2.46. The van der Waals surface area contributed by atoms with Crippen molar-refractivity contribution in [3.8, 4) is 0 Å². The number of aliphatic hydroxyl groups is 1. The Morgan fingerprint density at radius 2 is 1.90 bits per heavy atom. The molecule has 0 aromatic heterocycles. The van der Waals surface area contributed by atoms with Crippen molar-refractivity contribution in [3.63, 3.8) is 0 Å². The van der Waals surface area contributed by atoms with E-state index >= 15 is 0 Å². The van der Waals surface area contributed by atoms with E-state index < -0.39 is 11.1 Å². The number of halogens is 1. The topological polar surface area (TPSA) is 41.5 Å². The number of hydrogen-bond acceptors (Lipinski definition) is 3. The summed E-state index contributed by atoms with van der Waals surface area (Å²) in [7, 11) is 0. The minimum absolute atomic E-state index is 0.0704. The Morgan fingerprint density at radius 3 is 2.35 bits per heavy atom. The molecule has 2 N–H and O–H groups in total. The molecule has 3 nitrogen and oxygen atoms in total. The van der Waals surface area contributed by atoms with Gasteiger partial charge < -0.3 is 15.2 Å². The van der Waals surface area contributed by atoms with Crippen molar-refractivity contribution in [2.45, 2.75) is 57.8 Å². The lowest BCUT2D eigenvalue weighted by Crippen LogP contribution is -2.55. The van der Waals surface area contributed by atoms with E-state index in [1.54, 1.807) is 0 Å². The van der Waals surface area contributed by atoms with Crippen LogP contribution in [0.5, 0.6) is 0 Å². The Labute approximate surface area is 120 Å². The second-order valence-electron chi connectivity index (χ2n) is 6.93. The minimum Gasteiger partial charge on any atom is -0.394 e. The van der Waals surface area contributed by atoms with Gasteiger partial charge in [0.15, 0.2) is 0 Å². The van der Waals surface area contributed by atoms with Crippen molar-refractivity contribution < 1.29 is 14.2 Å².